The van der Waals surface area contributed by atoms with Crippen LogP contribution >= 0.6 is 15.9 Å². The Morgan fingerprint density at radius 2 is 1.95 bits per heavy atom. The normalized spacial score (nSPS) is 11.4. The second-order valence-electron chi connectivity index (χ2n) is 4.53. The first kappa shape index (κ1) is 15.7. The van der Waals surface area contributed by atoms with Crippen molar-refractivity contribution in [3.05, 3.63) is 52.3 Å². The molecule has 0 unspecified atom stereocenters. The summed E-state index contributed by atoms with van der Waals surface area (Å²) >= 11 is 3.30. The van der Waals surface area contributed by atoms with Crippen molar-refractivity contribution < 1.29 is 13.2 Å². The van der Waals surface area contributed by atoms with Crippen molar-refractivity contribution in [2.24, 2.45) is 12.2 Å². The van der Waals surface area contributed by atoms with Gasteiger partial charge in [0.1, 0.15) is 5.69 Å². The number of aromatic nitrogens is 1. The van der Waals surface area contributed by atoms with Gasteiger partial charge in [0.15, 0.2) is 0 Å². The number of hydrogen-bond acceptors (Lipinski definition) is 3. The molecule has 8 heteroatoms. The zero-order valence-corrected chi connectivity index (χ0v) is 13.6. The lowest BCUT2D eigenvalue weighted by molar-refractivity contribution is 0.0943. The van der Waals surface area contributed by atoms with Crippen molar-refractivity contribution in [3.8, 4) is 0 Å². The number of halogens is 1. The van der Waals surface area contributed by atoms with Gasteiger partial charge in [0.05, 0.1) is 4.90 Å². The molecule has 0 saturated carbocycles. The molecule has 1 aromatic heterocycles. The number of nitrogens with zero attached hydrogens (tertiary/aromatic N) is 1. The molecule has 0 saturated heterocycles. The first-order valence-electron chi connectivity index (χ1n) is 5.99. The van der Waals surface area contributed by atoms with E-state index < -0.39 is 10.0 Å². The summed E-state index contributed by atoms with van der Waals surface area (Å²) in [6.07, 6.45) is 1.79. The molecular formula is C13H14BrN3O3S. The standard InChI is InChI=1S/C13H14BrN3O3S/c1-17-8-10(14)6-12(17)13(18)16-7-9-2-4-11(5-3-9)21(15,19)20/h2-6,8H,7H2,1H3,(H,16,18)(H2,15,19,20). The van der Waals surface area contributed by atoms with Crippen molar-refractivity contribution in [1.29, 1.82) is 0 Å². The number of benzene rings is 1. The average molecular weight is 372 g/mol. The van der Waals surface area contributed by atoms with Crippen LogP contribution < -0.4 is 10.5 Å². The van der Waals surface area contributed by atoms with E-state index in [4.69, 9.17) is 5.14 Å². The Morgan fingerprint density at radius 1 is 1.33 bits per heavy atom. The van der Waals surface area contributed by atoms with Crippen molar-refractivity contribution in [2.45, 2.75) is 11.4 Å². The van der Waals surface area contributed by atoms with Gasteiger partial charge in [-0.05, 0) is 39.7 Å². The fourth-order valence-corrected chi connectivity index (χ4v) is 2.86. The highest BCUT2D eigenvalue weighted by molar-refractivity contribution is 9.10. The van der Waals surface area contributed by atoms with Crippen LogP contribution in [0.2, 0.25) is 0 Å². The summed E-state index contributed by atoms with van der Waals surface area (Å²) in [6, 6.07) is 7.77. The lowest BCUT2D eigenvalue weighted by atomic mass is 10.2. The maximum absolute atomic E-state index is 12.0. The minimum Gasteiger partial charge on any atom is -0.347 e. The Labute approximate surface area is 131 Å². The van der Waals surface area contributed by atoms with E-state index in [0.29, 0.717) is 12.2 Å². The Balaban J connectivity index is 2.03. The molecule has 1 amide bonds. The van der Waals surface area contributed by atoms with E-state index in [1.807, 2.05) is 0 Å². The quantitative estimate of drug-likeness (QED) is 0.849. The predicted octanol–water partition coefficient (Wildman–Crippen LogP) is 1.37. The zero-order valence-electron chi connectivity index (χ0n) is 11.2. The van der Waals surface area contributed by atoms with Crippen molar-refractivity contribution in [1.82, 2.24) is 9.88 Å². The number of nitrogens with one attached hydrogen (secondary N) is 1. The number of rotatable bonds is 4. The highest BCUT2D eigenvalue weighted by Crippen LogP contribution is 2.14. The average Bonchev–Trinajstić information content (AvgIpc) is 2.74. The van der Waals surface area contributed by atoms with Crippen molar-refractivity contribution in [3.63, 3.8) is 0 Å². The second-order valence-corrected chi connectivity index (χ2v) is 7.00. The van der Waals surface area contributed by atoms with Crippen LogP contribution in [0.4, 0.5) is 0 Å². The van der Waals surface area contributed by atoms with E-state index in [1.54, 1.807) is 36.0 Å². The third kappa shape index (κ3) is 3.93. The number of nitrogens with two attached hydrogens (primary N) is 1. The lowest BCUT2D eigenvalue weighted by Gasteiger charge is -2.06. The van der Waals surface area contributed by atoms with E-state index in [2.05, 4.69) is 21.2 Å². The second kappa shape index (κ2) is 6.00. The highest BCUT2D eigenvalue weighted by Gasteiger charge is 2.11. The van der Waals surface area contributed by atoms with Gasteiger partial charge in [-0.3, -0.25) is 4.79 Å². The molecule has 0 aliphatic heterocycles. The van der Waals surface area contributed by atoms with Gasteiger partial charge in [-0.25, -0.2) is 13.6 Å². The van der Waals surface area contributed by atoms with E-state index in [0.717, 1.165) is 10.0 Å². The minimum absolute atomic E-state index is 0.0453. The number of sulfonamides is 1. The molecule has 2 aromatic rings. The van der Waals surface area contributed by atoms with Gasteiger partial charge >= 0.3 is 0 Å². The smallest absolute Gasteiger partial charge is 0.268 e. The largest absolute Gasteiger partial charge is 0.347 e. The number of carbonyl (C=O) groups is 1. The predicted molar refractivity (Wildman–Crippen MR) is 82.1 cm³/mol. The van der Waals surface area contributed by atoms with E-state index in [9.17, 15) is 13.2 Å². The van der Waals surface area contributed by atoms with Crippen LogP contribution in [0.3, 0.4) is 0 Å². The molecule has 0 fully saturated rings. The van der Waals surface area contributed by atoms with E-state index in [1.165, 1.54) is 12.1 Å². The summed E-state index contributed by atoms with van der Waals surface area (Å²) in [5, 5.41) is 7.79. The molecule has 6 nitrogen and oxygen atoms in total. The molecule has 112 valence electrons. The van der Waals surface area contributed by atoms with Gasteiger partial charge in [0.25, 0.3) is 5.91 Å². The fraction of sp³-hybridized carbons (Fsp3) is 0.154. The molecule has 0 spiro atoms. The summed E-state index contributed by atoms with van der Waals surface area (Å²) < 4.78 is 24.8. The summed E-state index contributed by atoms with van der Waals surface area (Å²) in [4.78, 5) is 12.1. The lowest BCUT2D eigenvalue weighted by Crippen LogP contribution is -2.24. The number of aryl methyl sites for hydroxylation is 1. The molecule has 1 aromatic carbocycles. The number of carbonyl (C=O) groups excluding carboxylic acids is 1. The summed E-state index contributed by atoms with van der Waals surface area (Å²) in [7, 11) is -1.91. The summed E-state index contributed by atoms with van der Waals surface area (Å²) in [5.41, 5.74) is 1.31. The van der Waals surface area contributed by atoms with E-state index >= 15 is 0 Å². The van der Waals surface area contributed by atoms with Crippen LogP contribution in [-0.2, 0) is 23.6 Å². The Morgan fingerprint density at radius 3 is 2.43 bits per heavy atom. The van der Waals surface area contributed by atoms with Crippen LogP contribution in [0.5, 0.6) is 0 Å². The van der Waals surface area contributed by atoms with Gasteiger partial charge in [-0.1, -0.05) is 12.1 Å². The molecule has 21 heavy (non-hydrogen) atoms. The van der Waals surface area contributed by atoms with Gasteiger partial charge in [0.2, 0.25) is 10.0 Å². The number of primary sulfonamides is 1. The minimum atomic E-state index is -3.69. The first-order chi connectivity index (χ1) is 9.77. The van der Waals surface area contributed by atoms with Crippen LogP contribution in [0.15, 0.2) is 45.9 Å². The van der Waals surface area contributed by atoms with Crippen LogP contribution in [-0.4, -0.2) is 18.9 Å². The zero-order chi connectivity index (χ0) is 15.6. The Hall–Kier alpha value is -1.64. The first-order valence-corrected chi connectivity index (χ1v) is 8.33. The monoisotopic (exact) mass is 371 g/mol. The summed E-state index contributed by atoms with van der Waals surface area (Å²) in [6.45, 7) is 0.298. The molecule has 2 rings (SSSR count). The Kier molecular flexibility index (Phi) is 4.50. The van der Waals surface area contributed by atoms with Gasteiger partial charge in [-0.15, -0.1) is 0 Å². The molecule has 0 aliphatic rings. The number of hydrogen-bond donors (Lipinski definition) is 2. The molecule has 0 radical (unpaired) electrons. The maximum atomic E-state index is 12.0. The highest BCUT2D eigenvalue weighted by atomic mass is 79.9. The molecular weight excluding hydrogens is 358 g/mol. The third-order valence-electron chi connectivity index (χ3n) is 2.91. The topological polar surface area (TPSA) is 94.2 Å². The molecule has 0 atom stereocenters. The van der Waals surface area contributed by atoms with Crippen LogP contribution in [0.25, 0.3) is 0 Å². The SMILES string of the molecule is Cn1cc(Br)cc1C(=O)NCc1ccc(S(N)(=O)=O)cc1. The Bertz CT molecular complexity index is 766. The van der Waals surface area contributed by atoms with Crippen LogP contribution in [0, 0.1) is 0 Å². The van der Waals surface area contributed by atoms with Crippen molar-refractivity contribution in [2.75, 3.05) is 0 Å². The summed E-state index contributed by atoms with van der Waals surface area (Å²) in [5.74, 6) is -0.210. The number of amides is 1. The van der Waals surface area contributed by atoms with E-state index in [-0.39, 0.29) is 10.8 Å². The van der Waals surface area contributed by atoms with Crippen LogP contribution in [0.1, 0.15) is 16.1 Å². The molecule has 0 bridgehead atoms. The third-order valence-corrected chi connectivity index (χ3v) is 4.27. The van der Waals surface area contributed by atoms with Crippen molar-refractivity contribution >= 4 is 31.9 Å². The molecule has 0 aliphatic carbocycles. The molecule has 1 heterocycles. The van der Waals surface area contributed by atoms with Gasteiger partial charge in [0, 0.05) is 24.3 Å². The maximum Gasteiger partial charge on any atom is 0.268 e. The van der Waals surface area contributed by atoms with Gasteiger partial charge < -0.3 is 9.88 Å². The molecule has 3 N–H and O–H groups in total. The fourth-order valence-electron chi connectivity index (χ4n) is 1.82. The van der Waals surface area contributed by atoms with Gasteiger partial charge in [-0.2, -0.15) is 0 Å².